The van der Waals surface area contributed by atoms with Gasteiger partial charge in [-0.1, -0.05) is 57.9 Å². The lowest BCUT2D eigenvalue weighted by atomic mass is 9.60. The summed E-state index contributed by atoms with van der Waals surface area (Å²) in [5.41, 5.74) is 2.85. The predicted octanol–water partition coefficient (Wildman–Crippen LogP) is 7.64. The summed E-state index contributed by atoms with van der Waals surface area (Å²) < 4.78 is 5.97. The van der Waals surface area contributed by atoms with Crippen molar-refractivity contribution in [2.75, 3.05) is 11.9 Å². The molecule has 2 unspecified atom stereocenters. The van der Waals surface area contributed by atoms with Gasteiger partial charge >= 0.3 is 0 Å². The lowest BCUT2D eigenvalue weighted by molar-refractivity contribution is 0.217. The van der Waals surface area contributed by atoms with Gasteiger partial charge in [-0.25, -0.2) is 0 Å². The first-order chi connectivity index (χ1) is 14.8. The largest absolute Gasteiger partial charge is 0.508 e. The Morgan fingerprint density at radius 1 is 1.03 bits per heavy atom. The number of alkyl halides is 1. The molecule has 0 radical (unpaired) electrons. The Morgan fingerprint density at radius 3 is 2.67 bits per heavy atom. The number of rotatable bonds is 8. The molecule has 2 nitrogen and oxygen atoms in total. The summed E-state index contributed by atoms with van der Waals surface area (Å²) in [5, 5.41) is 11.1. The minimum absolute atomic E-state index is 0.447. The van der Waals surface area contributed by atoms with Crippen molar-refractivity contribution in [1.82, 2.24) is 0 Å². The van der Waals surface area contributed by atoms with Gasteiger partial charge in [-0.05, 0) is 98.5 Å². The predicted molar refractivity (Wildman–Crippen MR) is 128 cm³/mol. The Hall–Kier alpha value is -1.74. The van der Waals surface area contributed by atoms with Crippen molar-refractivity contribution in [2.24, 2.45) is 17.8 Å². The van der Waals surface area contributed by atoms with Crippen molar-refractivity contribution in [1.29, 1.82) is 0 Å². The standard InChI is InChI=1S/C27H33BrO2/c28-17-5-2-6-18-30-24-13-9-21(10-14-24)27-25(20-7-3-1-4-8-20)15-11-22-19-23(29)12-16-26(22)27/h1,3-4,7,9-10,12-14,19-20,25-27,29H,2,5-6,8,11,15-18H2/t20?,25-,26?,27+/m1/s1. The van der Waals surface area contributed by atoms with E-state index in [1.165, 1.54) is 30.4 Å². The number of allylic oxidation sites excluding steroid dienone is 7. The Balaban J connectivity index is 1.51. The SMILES string of the molecule is OC1=CCC2C(=C1)CC[C@H](C1C=CC=CC1)[C@@H]2c1ccc(OCCCCCBr)cc1. The van der Waals surface area contributed by atoms with Gasteiger partial charge in [0.05, 0.1) is 6.61 Å². The highest BCUT2D eigenvalue weighted by molar-refractivity contribution is 9.09. The molecule has 30 heavy (non-hydrogen) atoms. The molecule has 0 bridgehead atoms. The molecule has 3 aliphatic rings. The van der Waals surface area contributed by atoms with Gasteiger partial charge in [-0.15, -0.1) is 0 Å². The maximum Gasteiger partial charge on any atom is 0.119 e. The number of ether oxygens (including phenoxy) is 1. The first kappa shape index (κ1) is 21.5. The molecule has 0 saturated heterocycles. The second-order valence-electron chi connectivity index (χ2n) is 8.80. The van der Waals surface area contributed by atoms with Gasteiger partial charge in [0.2, 0.25) is 0 Å². The summed E-state index contributed by atoms with van der Waals surface area (Å²) in [4.78, 5) is 0. The highest BCUT2D eigenvalue weighted by atomic mass is 79.9. The molecule has 4 atom stereocenters. The van der Waals surface area contributed by atoms with E-state index in [0.29, 0.717) is 29.4 Å². The van der Waals surface area contributed by atoms with Crippen molar-refractivity contribution >= 4 is 15.9 Å². The number of aliphatic hydroxyl groups is 1. The maximum absolute atomic E-state index is 10.0. The number of halogens is 1. The van der Waals surface area contributed by atoms with E-state index < -0.39 is 0 Å². The van der Waals surface area contributed by atoms with Crippen LogP contribution in [-0.4, -0.2) is 17.0 Å². The molecule has 1 saturated carbocycles. The van der Waals surface area contributed by atoms with Crippen LogP contribution >= 0.6 is 15.9 Å². The molecule has 160 valence electrons. The smallest absolute Gasteiger partial charge is 0.119 e. The van der Waals surface area contributed by atoms with E-state index in [1.807, 2.05) is 12.2 Å². The van der Waals surface area contributed by atoms with Gasteiger partial charge < -0.3 is 9.84 Å². The Bertz CT molecular complexity index is 818. The fourth-order valence-corrected chi connectivity index (χ4v) is 5.82. The summed E-state index contributed by atoms with van der Waals surface area (Å²) >= 11 is 3.48. The highest BCUT2D eigenvalue weighted by Crippen LogP contribution is 2.52. The minimum atomic E-state index is 0.447. The van der Waals surface area contributed by atoms with E-state index in [-0.39, 0.29) is 0 Å². The summed E-state index contributed by atoms with van der Waals surface area (Å²) in [7, 11) is 0. The van der Waals surface area contributed by atoms with Gasteiger partial charge in [-0.2, -0.15) is 0 Å². The van der Waals surface area contributed by atoms with E-state index in [2.05, 4.69) is 64.5 Å². The number of benzene rings is 1. The maximum atomic E-state index is 10.0. The van der Waals surface area contributed by atoms with Crippen LogP contribution in [-0.2, 0) is 0 Å². The average Bonchev–Trinajstić information content (AvgIpc) is 2.79. The third kappa shape index (κ3) is 5.11. The van der Waals surface area contributed by atoms with Crippen LogP contribution in [0.5, 0.6) is 5.75 Å². The van der Waals surface area contributed by atoms with Crippen molar-refractivity contribution in [2.45, 2.75) is 50.9 Å². The molecule has 3 heteroatoms. The van der Waals surface area contributed by atoms with E-state index in [4.69, 9.17) is 4.74 Å². The number of hydrogen-bond donors (Lipinski definition) is 1. The molecule has 0 heterocycles. The zero-order valence-corrected chi connectivity index (χ0v) is 19.3. The molecule has 0 aromatic heterocycles. The van der Waals surface area contributed by atoms with Crippen LogP contribution in [0.4, 0.5) is 0 Å². The third-order valence-electron chi connectivity index (χ3n) is 6.93. The number of fused-ring (bicyclic) bond motifs is 1. The van der Waals surface area contributed by atoms with E-state index in [9.17, 15) is 5.11 Å². The normalized spacial score (nSPS) is 27.9. The number of aliphatic hydroxyl groups excluding tert-OH is 1. The molecule has 0 spiro atoms. The Morgan fingerprint density at radius 2 is 1.90 bits per heavy atom. The van der Waals surface area contributed by atoms with Crippen LogP contribution in [0, 0.1) is 17.8 Å². The van der Waals surface area contributed by atoms with Crippen molar-refractivity contribution in [3.8, 4) is 5.75 Å². The van der Waals surface area contributed by atoms with Crippen LogP contribution in [0.25, 0.3) is 0 Å². The monoisotopic (exact) mass is 468 g/mol. The minimum Gasteiger partial charge on any atom is -0.508 e. The molecule has 1 fully saturated rings. The van der Waals surface area contributed by atoms with Gasteiger partial charge in [0.15, 0.2) is 0 Å². The molecular weight excluding hydrogens is 436 g/mol. The fourth-order valence-electron chi connectivity index (χ4n) is 5.43. The third-order valence-corrected chi connectivity index (χ3v) is 7.49. The first-order valence-electron chi connectivity index (χ1n) is 11.5. The molecule has 1 aromatic carbocycles. The lowest BCUT2D eigenvalue weighted by Crippen LogP contribution is -2.33. The number of unbranched alkanes of at least 4 members (excludes halogenated alkanes) is 2. The van der Waals surface area contributed by atoms with Crippen LogP contribution in [0.15, 0.2) is 72.1 Å². The van der Waals surface area contributed by atoms with E-state index >= 15 is 0 Å². The lowest BCUT2D eigenvalue weighted by Gasteiger charge is -2.44. The number of hydrogen-bond acceptors (Lipinski definition) is 2. The fraction of sp³-hybridized carbons (Fsp3) is 0.481. The zero-order valence-electron chi connectivity index (χ0n) is 17.7. The van der Waals surface area contributed by atoms with E-state index in [1.54, 1.807) is 0 Å². The van der Waals surface area contributed by atoms with Crippen LogP contribution < -0.4 is 4.74 Å². The highest BCUT2D eigenvalue weighted by Gasteiger charge is 2.40. The topological polar surface area (TPSA) is 29.5 Å². The van der Waals surface area contributed by atoms with Crippen LogP contribution in [0.1, 0.15) is 56.4 Å². The molecule has 1 N–H and O–H groups in total. The van der Waals surface area contributed by atoms with Gasteiger partial charge in [0, 0.05) is 5.33 Å². The quantitative estimate of drug-likeness (QED) is 0.313. The second kappa shape index (κ2) is 10.5. The zero-order chi connectivity index (χ0) is 20.8. The summed E-state index contributed by atoms with van der Waals surface area (Å²) in [6, 6.07) is 8.88. The van der Waals surface area contributed by atoms with Gasteiger partial charge in [0.25, 0.3) is 0 Å². The van der Waals surface area contributed by atoms with Gasteiger partial charge in [0.1, 0.15) is 11.5 Å². The Kier molecular flexibility index (Phi) is 7.54. The molecule has 3 aliphatic carbocycles. The molecular formula is C27H33BrO2. The van der Waals surface area contributed by atoms with E-state index in [0.717, 1.165) is 43.4 Å². The van der Waals surface area contributed by atoms with Crippen molar-refractivity contribution in [3.63, 3.8) is 0 Å². The molecule has 0 aliphatic heterocycles. The second-order valence-corrected chi connectivity index (χ2v) is 9.59. The van der Waals surface area contributed by atoms with Crippen molar-refractivity contribution < 1.29 is 9.84 Å². The molecule has 1 aromatic rings. The van der Waals surface area contributed by atoms with Gasteiger partial charge in [-0.3, -0.25) is 0 Å². The summed E-state index contributed by atoms with van der Waals surface area (Å²) in [6.07, 6.45) is 21.0. The summed E-state index contributed by atoms with van der Waals surface area (Å²) in [6.45, 7) is 0.789. The Labute approximate surface area is 189 Å². The van der Waals surface area contributed by atoms with Crippen LogP contribution in [0.3, 0.4) is 0 Å². The van der Waals surface area contributed by atoms with Crippen LogP contribution in [0.2, 0.25) is 0 Å². The average molecular weight is 469 g/mol. The molecule has 4 rings (SSSR count). The van der Waals surface area contributed by atoms with Crippen molar-refractivity contribution in [3.05, 3.63) is 77.6 Å². The summed E-state index contributed by atoms with van der Waals surface area (Å²) in [5.74, 6) is 3.65. The first-order valence-corrected chi connectivity index (χ1v) is 12.6. The molecule has 0 amide bonds.